The molecule has 1 aliphatic heterocycles. The van der Waals surface area contributed by atoms with Crippen molar-refractivity contribution in [2.75, 3.05) is 18.5 Å². The van der Waals surface area contributed by atoms with E-state index in [1.165, 1.54) is 11.5 Å². The molecule has 6 nitrogen and oxygen atoms in total. The zero-order chi connectivity index (χ0) is 11.6. The van der Waals surface area contributed by atoms with Crippen molar-refractivity contribution in [2.24, 2.45) is 0 Å². The van der Waals surface area contributed by atoms with Gasteiger partial charge in [0.05, 0.1) is 0 Å². The topological polar surface area (TPSA) is 84.3 Å². The Labute approximate surface area is 96.8 Å². The van der Waals surface area contributed by atoms with Crippen molar-refractivity contribution >= 4 is 22.6 Å². The third-order valence-electron chi connectivity index (χ3n) is 2.63. The summed E-state index contributed by atoms with van der Waals surface area (Å²) in [6, 6.07) is 0. The SMILES string of the molecule is Cc1nsc(NC2(C(=O)O)CCOCC2)n1. The number of aromatic nitrogens is 2. The molecule has 1 aromatic rings. The first-order chi connectivity index (χ1) is 7.62. The van der Waals surface area contributed by atoms with E-state index < -0.39 is 11.5 Å². The molecule has 2 heterocycles. The largest absolute Gasteiger partial charge is 0.480 e. The summed E-state index contributed by atoms with van der Waals surface area (Å²) < 4.78 is 9.20. The molecule has 1 aliphatic rings. The molecule has 1 saturated heterocycles. The summed E-state index contributed by atoms with van der Waals surface area (Å²) in [4.78, 5) is 15.5. The van der Waals surface area contributed by atoms with E-state index in [9.17, 15) is 9.90 Å². The second kappa shape index (κ2) is 4.34. The minimum atomic E-state index is -0.954. The third kappa shape index (κ3) is 2.14. The second-order valence-electron chi connectivity index (χ2n) is 3.77. The lowest BCUT2D eigenvalue weighted by molar-refractivity contribution is -0.145. The number of aryl methyl sites for hydroxylation is 1. The number of hydrogen-bond donors (Lipinski definition) is 2. The Bertz CT molecular complexity index is 387. The molecule has 0 amide bonds. The minimum absolute atomic E-state index is 0.445. The van der Waals surface area contributed by atoms with E-state index in [1.54, 1.807) is 6.92 Å². The van der Waals surface area contributed by atoms with Crippen LogP contribution in [0.4, 0.5) is 5.13 Å². The first-order valence-corrected chi connectivity index (χ1v) is 5.79. The van der Waals surface area contributed by atoms with Crippen molar-refractivity contribution in [3.63, 3.8) is 0 Å². The molecule has 7 heteroatoms. The standard InChI is InChI=1S/C9H13N3O3S/c1-6-10-8(16-12-6)11-9(7(13)14)2-4-15-5-3-9/h2-5H2,1H3,(H,13,14)(H,10,11,12). The van der Waals surface area contributed by atoms with Crippen molar-refractivity contribution in [1.29, 1.82) is 0 Å². The number of carboxylic acids is 1. The molecule has 0 radical (unpaired) electrons. The zero-order valence-electron chi connectivity index (χ0n) is 8.89. The predicted molar refractivity (Wildman–Crippen MR) is 58.7 cm³/mol. The molecule has 16 heavy (non-hydrogen) atoms. The van der Waals surface area contributed by atoms with Crippen LogP contribution in [0.25, 0.3) is 0 Å². The van der Waals surface area contributed by atoms with Crippen LogP contribution in [0.3, 0.4) is 0 Å². The number of aliphatic carboxylic acids is 1. The molecule has 1 fully saturated rings. The van der Waals surface area contributed by atoms with Crippen molar-refractivity contribution < 1.29 is 14.6 Å². The van der Waals surface area contributed by atoms with Gasteiger partial charge in [0.1, 0.15) is 11.4 Å². The van der Waals surface area contributed by atoms with E-state index in [-0.39, 0.29) is 0 Å². The number of ether oxygens (including phenoxy) is 1. The van der Waals surface area contributed by atoms with E-state index in [1.807, 2.05) is 0 Å². The molecule has 0 aliphatic carbocycles. The summed E-state index contributed by atoms with van der Waals surface area (Å²) in [6.07, 6.45) is 0.891. The number of nitrogens with zero attached hydrogens (tertiary/aromatic N) is 2. The summed E-state index contributed by atoms with van der Waals surface area (Å²) in [5.41, 5.74) is -0.954. The lowest BCUT2D eigenvalue weighted by Gasteiger charge is -2.33. The number of anilines is 1. The average Bonchev–Trinajstić information content (AvgIpc) is 2.65. The summed E-state index contributed by atoms with van der Waals surface area (Å²) in [5, 5.41) is 12.8. The van der Waals surface area contributed by atoms with Crippen LogP contribution in [-0.2, 0) is 9.53 Å². The number of carboxylic acid groups (broad SMARTS) is 1. The van der Waals surface area contributed by atoms with Crippen LogP contribution in [0.2, 0.25) is 0 Å². The quantitative estimate of drug-likeness (QED) is 0.820. The number of nitrogens with one attached hydrogen (secondary N) is 1. The van der Waals surface area contributed by atoms with Gasteiger partial charge in [-0.1, -0.05) is 0 Å². The van der Waals surface area contributed by atoms with Crippen LogP contribution in [0.5, 0.6) is 0 Å². The van der Waals surface area contributed by atoms with Gasteiger partial charge in [0, 0.05) is 37.6 Å². The Morgan fingerprint density at radius 2 is 2.25 bits per heavy atom. The fraction of sp³-hybridized carbons (Fsp3) is 0.667. The van der Waals surface area contributed by atoms with E-state index in [4.69, 9.17) is 4.74 Å². The summed E-state index contributed by atoms with van der Waals surface area (Å²) in [6.45, 7) is 2.69. The van der Waals surface area contributed by atoms with Crippen LogP contribution in [0, 0.1) is 6.92 Å². The monoisotopic (exact) mass is 243 g/mol. The van der Waals surface area contributed by atoms with Gasteiger partial charge in [-0.05, 0) is 6.92 Å². The number of hydrogen-bond acceptors (Lipinski definition) is 6. The second-order valence-corrected chi connectivity index (χ2v) is 4.52. The maximum atomic E-state index is 11.3. The smallest absolute Gasteiger partial charge is 0.329 e. The summed E-state index contributed by atoms with van der Waals surface area (Å²) in [7, 11) is 0. The van der Waals surface area contributed by atoms with E-state index in [0.29, 0.717) is 37.0 Å². The molecule has 0 spiro atoms. The highest BCUT2D eigenvalue weighted by molar-refractivity contribution is 7.09. The van der Waals surface area contributed by atoms with Gasteiger partial charge in [-0.15, -0.1) is 0 Å². The van der Waals surface area contributed by atoms with Gasteiger partial charge >= 0.3 is 5.97 Å². The normalized spacial score (nSPS) is 19.3. The first kappa shape index (κ1) is 11.3. The fourth-order valence-corrected chi connectivity index (χ4v) is 2.34. The Balaban J connectivity index is 2.16. The van der Waals surface area contributed by atoms with Crippen molar-refractivity contribution in [3.05, 3.63) is 5.82 Å². The maximum absolute atomic E-state index is 11.3. The molecule has 1 aromatic heterocycles. The number of carbonyl (C=O) groups is 1. The van der Waals surface area contributed by atoms with E-state index in [0.717, 1.165) is 0 Å². The van der Waals surface area contributed by atoms with Crippen molar-refractivity contribution in [3.8, 4) is 0 Å². The van der Waals surface area contributed by atoms with Crippen LogP contribution in [-0.4, -0.2) is 39.2 Å². The van der Waals surface area contributed by atoms with Crippen molar-refractivity contribution in [2.45, 2.75) is 25.3 Å². The minimum Gasteiger partial charge on any atom is -0.480 e. The van der Waals surface area contributed by atoms with Crippen LogP contribution in [0.1, 0.15) is 18.7 Å². The average molecular weight is 243 g/mol. The highest BCUT2D eigenvalue weighted by Crippen LogP contribution is 2.27. The summed E-state index contributed by atoms with van der Waals surface area (Å²) >= 11 is 1.18. The van der Waals surface area contributed by atoms with Gasteiger partial charge in [-0.2, -0.15) is 4.37 Å². The summed E-state index contributed by atoms with van der Waals surface area (Å²) in [5.74, 6) is -0.205. The number of rotatable bonds is 3. The van der Waals surface area contributed by atoms with Gasteiger partial charge in [-0.25, -0.2) is 9.78 Å². The molecule has 0 unspecified atom stereocenters. The third-order valence-corrected chi connectivity index (χ3v) is 3.35. The lowest BCUT2D eigenvalue weighted by atomic mass is 9.90. The Morgan fingerprint density at radius 1 is 1.56 bits per heavy atom. The molecule has 0 aromatic carbocycles. The van der Waals surface area contributed by atoms with Crippen molar-refractivity contribution in [1.82, 2.24) is 9.36 Å². The predicted octanol–water partition coefficient (Wildman–Crippen LogP) is 0.892. The van der Waals surface area contributed by atoms with Gasteiger partial charge < -0.3 is 15.2 Å². The Kier molecular flexibility index (Phi) is 3.06. The molecule has 0 bridgehead atoms. The van der Waals surface area contributed by atoms with Gasteiger partial charge in [0.2, 0.25) is 5.13 Å². The van der Waals surface area contributed by atoms with E-state index in [2.05, 4.69) is 14.7 Å². The Hall–Kier alpha value is -1.21. The fourth-order valence-electron chi connectivity index (χ4n) is 1.66. The van der Waals surface area contributed by atoms with Gasteiger partial charge in [0.15, 0.2) is 0 Å². The molecular formula is C9H13N3O3S. The molecule has 2 rings (SSSR count). The van der Waals surface area contributed by atoms with Crippen LogP contribution >= 0.6 is 11.5 Å². The highest BCUT2D eigenvalue weighted by atomic mass is 32.1. The maximum Gasteiger partial charge on any atom is 0.329 e. The lowest BCUT2D eigenvalue weighted by Crippen LogP contribution is -2.50. The molecule has 0 saturated carbocycles. The molecular weight excluding hydrogens is 230 g/mol. The van der Waals surface area contributed by atoms with Crippen LogP contribution < -0.4 is 5.32 Å². The highest BCUT2D eigenvalue weighted by Gasteiger charge is 2.40. The zero-order valence-corrected chi connectivity index (χ0v) is 9.71. The Morgan fingerprint density at radius 3 is 2.75 bits per heavy atom. The van der Waals surface area contributed by atoms with Gasteiger partial charge in [-0.3, -0.25) is 0 Å². The first-order valence-electron chi connectivity index (χ1n) is 5.02. The molecule has 0 atom stereocenters. The van der Waals surface area contributed by atoms with Crippen LogP contribution in [0.15, 0.2) is 0 Å². The van der Waals surface area contributed by atoms with Gasteiger partial charge in [0.25, 0.3) is 0 Å². The van der Waals surface area contributed by atoms with E-state index >= 15 is 0 Å². The molecule has 88 valence electrons. The molecule has 2 N–H and O–H groups in total.